The minimum absolute atomic E-state index is 0.0368. The molecule has 0 amide bonds. The zero-order valence-electron chi connectivity index (χ0n) is 9.44. The summed E-state index contributed by atoms with van der Waals surface area (Å²) in [6, 6.07) is 9.97. The maximum Gasteiger partial charge on any atom is 0.0867 e. The standard InChI is InChI=1S/C13H16ClN3/c14-17-12(10-4-2-1-3-5-10)11-6-8-13(15,16)9-7-11/h1-8,12,17H,9,15-16H2. The first-order chi connectivity index (χ1) is 8.12. The Kier molecular flexibility index (Phi) is 3.64. The van der Waals surface area contributed by atoms with Crippen molar-refractivity contribution in [1.29, 1.82) is 0 Å². The molecule has 2 rings (SSSR count). The lowest BCUT2D eigenvalue weighted by Crippen LogP contribution is -2.47. The quantitative estimate of drug-likeness (QED) is 0.567. The topological polar surface area (TPSA) is 64.1 Å². The fraction of sp³-hybridized carbons (Fsp3) is 0.231. The molecule has 1 unspecified atom stereocenters. The van der Waals surface area contributed by atoms with Crippen molar-refractivity contribution in [3.8, 4) is 0 Å². The van der Waals surface area contributed by atoms with Gasteiger partial charge in [-0.2, -0.15) is 0 Å². The molecule has 1 atom stereocenters. The predicted octanol–water partition coefficient (Wildman–Crippen LogP) is 1.97. The number of nitrogens with one attached hydrogen (secondary N) is 1. The number of rotatable bonds is 3. The largest absolute Gasteiger partial charge is 0.310 e. The summed E-state index contributed by atoms with van der Waals surface area (Å²) in [4.78, 5) is 2.79. The van der Waals surface area contributed by atoms with Gasteiger partial charge in [0, 0.05) is 6.42 Å². The minimum Gasteiger partial charge on any atom is -0.310 e. The molecule has 0 fully saturated rings. The lowest BCUT2D eigenvalue weighted by atomic mass is 9.91. The number of hydrogen-bond acceptors (Lipinski definition) is 3. The molecule has 0 spiro atoms. The van der Waals surface area contributed by atoms with Crippen molar-refractivity contribution >= 4 is 11.8 Å². The van der Waals surface area contributed by atoms with E-state index in [1.165, 1.54) is 0 Å². The zero-order valence-corrected chi connectivity index (χ0v) is 10.2. The average Bonchev–Trinajstić information content (AvgIpc) is 2.33. The second-order valence-electron chi connectivity index (χ2n) is 4.31. The van der Waals surface area contributed by atoms with Crippen molar-refractivity contribution in [2.45, 2.75) is 18.1 Å². The van der Waals surface area contributed by atoms with Crippen molar-refractivity contribution in [3.63, 3.8) is 0 Å². The molecular weight excluding hydrogens is 234 g/mol. The van der Waals surface area contributed by atoms with Crippen LogP contribution >= 0.6 is 11.8 Å². The van der Waals surface area contributed by atoms with Crippen LogP contribution in [0.3, 0.4) is 0 Å². The molecule has 0 saturated carbocycles. The van der Waals surface area contributed by atoms with Gasteiger partial charge in [-0.05, 0) is 29.0 Å². The van der Waals surface area contributed by atoms with Crippen LogP contribution in [-0.2, 0) is 0 Å². The van der Waals surface area contributed by atoms with Gasteiger partial charge >= 0.3 is 0 Å². The van der Waals surface area contributed by atoms with Crippen molar-refractivity contribution in [1.82, 2.24) is 4.84 Å². The Hall–Kier alpha value is -1.13. The Morgan fingerprint density at radius 2 is 1.94 bits per heavy atom. The average molecular weight is 250 g/mol. The van der Waals surface area contributed by atoms with Crippen LogP contribution < -0.4 is 16.3 Å². The van der Waals surface area contributed by atoms with Crippen LogP contribution in [0.5, 0.6) is 0 Å². The third-order valence-corrected chi connectivity index (χ3v) is 3.07. The monoisotopic (exact) mass is 249 g/mol. The molecule has 0 saturated heterocycles. The Labute approximate surface area is 106 Å². The fourth-order valence-electron chi connectivity index (χ4n) is 1.86. The summed E-state index contributed by atoms with van der Waals surface area (Å²) in [5.74, 6) is 0. The molecule has 5 N–H and O–H groups in total. The molecule has 1 aromatic rings. The predicted molar refractivity (Wildman–Crippen MR) is 71.1 cm³/mol. The first-order valence-electron chi connectivity index (χ1n) is 5.50. The molecule has 4 heteroatoms. The van der Waals surface area contributed by atoms with Gasteiger partial charge in [-0.25, -0.2) is 4.84 Å². The van der Waals surface area contributed by atoms with E-state index in [0.717, 1.165) is 11.1 Å². The molecule has 1 aliphatic carbocycles. The molecule has 0 aromatic heterocycles. The minimum atomic E-state index is -0.739. The Balaban J connectivity index is 2.22. The summed E-state index contributed by atoms with van der Waals surface area (Å²) in [5.41, 5.74) is 13.1. The molecular formula is C13H16ClN3. The lowest BCUT2D eigenvalue weighted by molar-refractivity contribution is 0.549. The molecule has 0 bridgehead atoms. The highest BCUT2D eigenvalue weighted by atomic mass is 35.5. The maximum atomic E-state index is 5.82. The van der Waals surface area contributed by atoms with Gasteiger partial charge < -0.3 is 11.5 Å². The molecule has 1 aliphatic rings. The Morgan fingerprint density at radius 3 is 2.47 bits per heavy atom. The van der Waals surface area contributed by atoms with Gasteiger partial charge in [0.1, 0.15) is 0 Å². The van der Waals surface area contributed by atoms with Crippen molar-refractivity contribution in [2.24, 2.45) is 11.5 Å². The highest BCUT2D eigenvalue weighted by molar-refractivity contribution is 6.13. The van der Waals surface area contributed by atoms with Gasteiger partial charge in [-0.15, -0.1) is 0 Å². The van der Waals surface area contributed by atoms with Gasteiger partial charge in [-0.1, -0.05) is 42.5 Å². The molecule has 1 aromatic carbocycles. The van der Waals surface area contributed by atoms with E-state index in [1.807, 2.05) is 48.6 Å². The lowest BCUT2D eigenvalue weighted by Gasteiger charge is -2.26. The summed E-state index contributed by atoms with van der Waals surface area (Å²) < 4.78 is 0. The van der Waals surface area contributed by atoms with Gasteiger partial charge in [-0.3, -0.25) is 0 Å². The third kappa shape index (κ3) is 2.96. The van der Waals surface area contributed by atoms with Gasteiger partial charge in [0.25, 0.3) is 0 Å². The summed E-state index contributed by atoms with van der Waals surface area (Å²) in [6.07, 6.45) is 6.37. The van der Waals surface area contributed by atoms with Gasteiger partial charge in [0.05, 0.1) is 11.7 Å². The van der Waals surface area contributed by atoms with E-state index in [-0.39, 0.29) is 6.04 Å². The van der Waals surface area contributed by atoms with Crippen LogP contribution in [0.1, 0.15) is 18.0 Å². The molecule has 0 radical (unpaired) electrons. The van der Waals surface area contributed by atoms with Crippen LogP contribution in [0.4, 0.5) is 0 Å². The Morgan fingerprint density at radius 1 is 1.24 bits per heavy atom. The molecule has 3 nitrogen and oxygen atoms in total. The van der Waals surface area contributed by atoms with Crippen molar-refractivity contribution in [2.75, 3.05) is 0 Å². The molecule has 17 heavy (non-hydrogen) atoms. The van der Waals surface area contributed by atoms with E-state index in [2.05, 4.69) is 4.84 Å². The van der Waals surface area contributed by atoms with Gasteiger partial charge in [0.2, 0.25) is 0 Å². The first-order valence-corrected chi connectivity index (χ1v) is 5.88. The van der Waals surface area contributed by atoms with E-state index in [9.17, 15) is 0 Å². The summed E-state index contributed by atoms with van der Waals surface area (Å²) in [5, 5.41) is 0. The summed E-state index contributed by atoms with van der Waals surface area (Å²) in [6.45, 7) is 0. The molecule has 0 aliphatic heterocycles. The summed E-state index contributed by atoms with van der Waals surface area (Å²) >= 11 is 5.82. The van der Waals surface area contributed by atoms with Crippen LogP contribution in [0.2, 0.25) is 0 Å². The normalized spacial score (nSPS) is 19.8. The van der Waals surface area contributed by atoms with E-state index < -0.39 is 5.66 Å². The first kappa shape index (κ1) is 12.3. The molecule has 0 heterocycles. The van der Waals surface area contributed by atoms with Crippen LogP contribution in [0.15, 0.2) is 54.1 Å². The number of hydrogen-bond donors (Lipinski definition) is 3. The number of benzene rings is 1. The van der Waals surface area contributed by atoms with Crippen LogP contribution in [-0.4, -0.2) is 5.66 Å². The zero-order chi connectivity index (χ0) is 12.3. The van der Waals surface area contributed by atoms with Crippen molar-refractivity contribution in [3.05, 3.63) is 59.7 Å². The van der Waals surface area contributed by atoms with Crippen LogP contribution in [0, 0.1) is 0 Å². The fourth-order valence-corrected chi connectivity index (χ4v) is 2.11. The van der Waals surface area contributed by atoms with E-state index >= 15 is 0 Å². The SMILES string of the molecule is NC1(N)C=CC(C(NCl)c2ccccc2)=CC1. The number of nitrogens with two attached hydrogens (primary N) is 2. The second kappa shape index (κ2) is 5.02. The summed E-state index contributed by atoms with van der Waals surface area (Å²) in [7, 11) is 0. The van der Waals surface area contributed by atoms with Crippen LogP contribution in [0.25, 0.3) is 0 Å². The van der Waals surface area contributed by atoms with Gasteiger partial charge in [0.15, 0.2) is 0 Å². The third-order valence-electron chi connectivity index (χ3n) is 2.85. The number of halogens is 1. The van der Waals surface area contributed by atoms with E-state index in [1.54, 1.807) is 0 Å². The van der Waals surface area contributed by atoms with E-state index in [4.69, 9.17) is 23.2 Å². The smallest absolute Gasteiger partial charge is 0.0867 e. The second-order valence-corrected chi connectivity index (χ2v) is 4.52. The molecule has 90 valence electrons. The van der Waals surface area contributed by atoms with Crippen molar-refractivity contribution < 1.29 is 0 Å². The highest BCUT2D eigenvalue weighted by Crippen LogP contribution is 2.27. The highest BCUT2D eigenvalue weighted by Gasteiger charge is 2.21. The Bertz CT molecular complexity index is 437. The van der Waals surface area contributed by atoms with E-state index in [0.29, 0.717) is 6.42 Å². The maximum absolute atomic E-state index is 5.82.